The molecular weight excluding hydrogens is 298 g/mol. The van der Waals surface area contributed by atoms with Crippen LogP contribution in [0.3, 0.4) is 0 Å². The maximum absolute atomic E-state index is 12.8. The lowest BCUT2D eigenvalue weighted by molar-refractivity contribution is 0.0609. The van der Waals surface area contributed by atoms with Crippen LogP contribution in [0.5, 0.6) is 0 Å². The minimum Gasteiger partial charge on any atom is -0.329 e. The number of hydrogen-bond donors (Lipinski definition) is 1. The van der Waals surface area contributed by atoms with Crippen molar-refractivity contribution in [2.24, 2.45) is 0 Å². The van der Waals surface area contributed by atoms with Gasteiger partial charge in [0.2, 0.25) is 0 Å². The summed E-state index contributed by atoms with van der Waals surface area (Å²) < 4.78 is 0. The van der Waals surface area contributed by atoms with E-state index in [2.05, 4.69) is 9.97 Å². The van der Waals surface area contributed by atoms with Crippen LogP contribution in [0.2, 0.25) is 0 Å². The molecule has 1 fully saturated rings. The number of nitrogens with one attached hydrogen (secondary N) is 1. The van der Waals surface area contributed by atoms with Crippen LogP contribution in [0, 0.1) is 13.8 Å². The smallest absolute Gasteiger partial charge is 0.260 e. The Kier molecular flexibility index (Phi) is 4.11. The van der Waals surface area contributed by atoms with E-state index in [9.17, 15) is 9.59 Å². The Bertz CT molecular complexity index is 750. The number of amides is 1. The first-order valence-electron chi connectivity index (χ1n) is 7.49. The minimum atomic E-state index is -0.315. The van der Waals surface area contributed by atoms with E-state index in [4.69, 9.17) is 0 Å². The van der Waals surface area contributed by atoms with Crippen LogP contribution in [0.4, 0.5) is 0 Å². The van der Waals surface area contributed by atoms with Gasteiger partial charge in [0, 0.05) is 23.3 Å². The maximum Gasteiger partial charge on any atom is 0.260 e. The van der Waals surface area contributed by atoms with Crippen LogP contribution in [0.25, 0.3) is 0 Å². The highest BCUT2D eigenvalue weighted by molar-refractivity contribution is 7.09. The molecule has 1 amide bonds. The number of H-pyrrole nitrogens is 1. The van der Waals surface area contributed by atoms with Gasteiger partial charge in [-0.3, -0.25) is 9.59 Å². The summed E-state index contributed by atoms with van der Waals surface area (Å²) in [5.74, 6) is -0.196. The molecule has 0 saturated carbocycles. The monoisotopic (exact) mass is 317 g/mol. The highest BCUT2D eigenvalue weighted by Gasteiger charge is 2.31. The number of carbonyl (C=O) groups excluding carboxylic acids is 1. The third kappa shape index (κ3) is 2.83. The van der Waals surface area contributed by atoms with E-state index < -0.39 is 0 Å². The van der Waals surface area contributed by atoms with Gasteiger partial charge in [-0.05, 0) is 45.2 Å². The Morgan fingerprint density at radius 2 is 2.18 bits per heavy atom. The van der Waals surface area contributed by atoms with E-state index in [1.165, 1.54) is 0 Å². The highest BCUT2D eigenvalue weighted by Crippen LogP contribution is 2.33. The molecular formula is C16H19N3O2S. The normalized spacial score (nSPS) is 18.5. The van der Waals surface area contributed by atoms with Crippen molar-refractivity contribution in [2.45, 2.75) is 39.2 Å². The lowest BCUT2D eigenvalue weighted by Crippen LogP contribution is -2.40. The van der Waals surface area contributed by atoms with Crippen molar-refractivity contribution in [2.75, 3.05) is 6.54 Å². The third-order valence-electron chi connectivity index (χ3n) is 3.97. The summed E-state index contributed by atoms with van der Waals surface area (Å²) in [6, 6.07) is 3.37. The fourth-order valence-corrected chi connectivity index (χ4v) is 3.79. The molecule has 6 heteroatoms. The number of thiazole rings is 1. The largest absolute Gasteiger partial charge is 0.329 e. The van der Waals surface area contributed by atoms with Gasteiger partial charge in [-0.25, -0.2) is 4.98 Å². The molecule has 2 aromatic heterocycles. The van der Waals surface area contributed by atoms with Gasteiger partial charge in [0.15, 0.2) is 0 Å². The molecule has 116 valence electrons. The van der Waals surface area contributed by atoms with Crippen LogP contribution < -0.4 is 5.56 Å². The summed E-state index contributed by atoms with van der Waals surface area (Å²) in [6.07, 6.45) is 2.95. The summed E-state index contributed by atoms with van der Waals surface area (Å²) in [5, 5.41) is 2.97. The van der Waals surface area contributed by atoms with Crippen molar-refractivity contribution in [3.05, 3.63) is 49.8 Å². The summed E-state index contributed by atoms with van der Waals surface area (Å²) in [6.45, 7) is 4.44. The molecule has 3 rings (SSSR count). The molecule has 0 bridgehead atoms. The predicted octanol–water partition coefficient (Wildman–Crippen LogP) is 2.82. The molecule has 0 aromatic carbocycles. The van der Waals surface area contributed by atoms with Crippen LogP contribution in [0.15, 0.2) is 22.3 Å². The van der Waals surface area contributed by atoms with E-state index in [-0.39, 0.29) is 23.1 Å². The number of aromatic nitrogens is 2. The number of hydrogen-bond acceptors (Lipinski definition) is 4. The molecule has 1 N–H and O–H groups in total. The fourth-order valence-electron chi connectivity index (χ4n) is 2.85. The molecule has 5 nitrogen and oxygen atoms in total. The topological polar surface area (TPSA) is 66.1 Å². The molecule has 3 heterocycles. The zero-order chi connectivity index (χ0) is 15.7. The Morgan fingerprint density at radius 1 is 1.36 bits per heavy atom. The zero-order valence-corrected chi connectivity index (χ0v) is 13.6. The standard InChI is InChI=1S/C16H19N3O2S/c1-10-6-7-12(14(20)17-10)16(21)19-8-4-3-5-13(19)15-18-11(2)9-22-15/h6-7,9,13H,3-5,8H2,1-2H3,(H,17,20)/t13-/m1/s1. The molecule has 22 heavy (non-hydrogen) atoms. The molecule has 1 aliphatic heterocycles. The van der Waals surface area contributed by atoms with Crippen molar-refractivity contribution < 1.29 is 4.79 Å². The molecule has 1 saturated heterocycles. The van der Waals surface area contributed by atoms with Crippen LogP contribution >= 0.6 is 11.3 Å². The van der Waals surface area contributed by atoms with E-state index in [1.807, 2.05) is 17.2 Å². The number of aromatic amines is 1. The van der Waals surface area contributed by atoms with Crippen molar-refractivity contribution in [1.82, 2.24) is 14.9 Å². The van der Waals surface area contributed by atoms with Crippen LogP contribution in [-0.4, -0.2) is 27.3 Å². The fraction of sp³-hybridized carbons (Fsp3) is 0.438. The number of pyridine rings is 1. The third-order valence-corrected chi connectivity index (χ3v) is 5.04. The highest BCUT2D eigenvalue weighted by atomic mass is 32.1. The van der Waals surface area contributed by atoms with Crippen molar-refractivity contribution >= 4 is 17.2 Å². The minimum absolute atomic E-state index is 0.0133. The van der Waals surface area contributed by atoms with Crippen molar-refractivity contribution in [3.8, 4) is 0 Å². The van der Waals surface area contributed by atoms with Gasteiger partial charge in [0.05, 0.1) is 6.04 Å². The Morgan fingerprint density at radius 3 is 2.86 bits per heavy atom. The second-order valence-corrected chi connectivity index (χ2v) is 6.61. The lowest BCUT2D eigenvalue weighted by Gasteiger charge is -2.34. The van der Waals surface area contributed by atoms with Gasteiger partial charge in [0.1, 0.15) is 10.6 Å². The SMILES string of the molecule is Cc1csc([C@H]2CCCCN2C(=O)c2ccc(C)[nH]c2=O)n1. The lowest BCUT2D eigenvalue weighted by atomic mass is 10.0. The molecule has 1 aliphatic rings. The van der Waals surface area contributed by atoms with E-state index in [0.29, 0.717) is 6.54 Å². The second kappa shape index (κ2) is 6.04. The van der Waals surface area contributed by atoms with Crippen LogP contribution in [0.1, 0.15) is 52.1 Å². The number of rotatable bonds is 2. The first-order valence-corrected chi connectivity index (χ1v) is 8.37. The van der Waals surface area contributed by atoms with E-state index >= 15 is 0 Å². The van der Waals surface area contributed by atoms with Gasteiger partial charge in [-0.2, -0.15) is 0 Å². The first-order chi connectivity index (χ1) is 10.6. The average molecular weight is 317 g/mol. The number of likely N-dealkylation sites (tertiary alicyclic amines) is 1. The van der Waals surface area contributed by atoms with Gasteiger partial charge in [-0.1, -0.05) is 0 Å². The van der Waals surface area contributed by atoms with Gasteiger partial charge in [-0.15, -0.1) is 11.3 Å². The molecule has 0 aliphatic carbocycles. The number of aryl methyl sites for hydroxylation is 2. The second-order valence-electron chi connectivity index (χ2n) is 5.72. The Hall–Kier alpha value is -1.95. The first kappa shape index (κ1) is 15.0. The molecule has 0 unspecified atom stereocenters. The molecule has 0 spiro atoms. The molecule has 0 radical (unpaired) electrons. The summed E-state index contributed by atoms with van der Waals surface area (Å²) in [5.41, 5.74) is 1.63. The van der Waals surface area contributed by atoms with Crippen molar-refractivity contribution in [3.63, 3.8) is 0 Å². The number of carbonyl (C=O) groups is 1. The van der Waals surface area contributed by atoms with Crippen LogP contribution in [-0.2, 0) is 0 Å². The van der Waals surface area contributed by atoms with Gasteiger partial charge in [0.25, 0.3) is 11.5 Å². The average Bonchev–Trinajstić information content (AvgIpc) is 2.93. The summed E-state index contributed by atoms with van der Waals surface area (Å²) >= 11 is 1.59. The molecule has 2 aromatic rings. The number of nitrogens with zero attached hydrogens (tertiary/aromatic N) is 2. The summed E-state index contributed by atoms with van der Waals surface area (Å²) in [4.78, 5) is 33.9. The molecule has 1 atom stereocenters. The quantitative estimate of drug-likeness (QED) is 0.926. The zero-order valence-electron chi connectivity index (χ0n) is 12.8. The predicted molar refractivity (Wildman–Crippen MR) is 86.3 cm³/mol. The van der Waals surface area contributed by atoms with Gasteiger partial charge >= 0.3 is 0 Å². The van der Waals surface area contributed by atoms with Crippen molar-refractivity contribution in [1.29, 1.82) is 0 Å². The Labute approximate surface area is 133 Å². The van der Waals surface area contributed by atoms with E-state index in [1.54, 1.807) is 30.4 Å². The Balaban J connectivity index is 1.93. The number of piperidine rings is 1. The maximum atomic E-state index is 12.8. The van der Waals surface area contributed by atoms with E-state index in [0.717, 1.165) is 35.7 Å². The summed E-state index contributed by atoms with van der Waals surface area (Å²) in [7, 11) is 0. The van der Waals surface area contributed by atoms with Gasteiger partial charge < -0.3 is 9.88 Å².